The van der Waals surface area contributed by atoms with Gasteiger partial charge in [-0.05, 0) is 31.2 Å². The Bertz CT molecular complexity index is 1090. The van der Waals surface area contributed by atoms with E-state index in [4.69, 9.17) is 9.15 Å². The third kappa shape index (κ3) is 5.11. The number of nitro groups is 1. The van der Waals surface area contributed by atoms with E-state index in [1.807, 2.05) is 11.8 Å². The quantitative estimate of drug-likeness (QED) is 0.479. The number of amides is 2. The zero-order valence-corrected chi connectivity index (χ0v) is 18.9. The van der Waals surface area contributed by atoms with E-state index in [1.54, 1.807) is 18.2 Å². The third-order valence-corrected chi connectivity index (χ3v) is 5.92. The fraction of sp³-hybridized carbons (Fsp3) is 0.455. The maximum Gasteiger partial charge on any atom is 0.433 e. The van der Waals surface area contributed by atoms with Crippen LogP contribution >= 0.6 is 0 Å². The minimum Gasteiger partial charge on any atom is -0.442 e. The number of cyclic esters (lactones) is 1. The Balaban J connectivity index is 1.38. The van der Waals surface area contributed by atoms with Gasteiger partial charge < -0.3 is 19.4 Å². The highest BCUT2D eigenvalue weighted by atomic mass is 19.1. The molecule has 182 valence electrons. The molecule has 34 heavy (non-hydrogen) atoms. The van der Waals surface area contributed by atoms with Crippen LogP contribution in [0, 0.1) is 15.9 Å². The Labute approximate surface area is 195 Å². The number of hydrogen-bond donors (Lipinski definition) is 1. The van der Waals surface area contributed by atoms with Crippen molar-refractivity contribution in [1.82, 2.24) is 10.2 Å². The smallest absolute Gasteiger partial charge is 0.433 e. The van der Waals surface area contributed by atoms with Crippen LogP contribution in [0.2, 0.25) is 0 Å². The van der Waals surface area contributed by atoms with Crippen molar-refractivity contribution < 1.29 is 28.1 Å². The van der Waals surface area contributed by atoms with Gasteiger partial charge >= 0.3 is 12.0 Å². The Morgan fingerprint density at radius 2 is 2.06 bits per heavy atom. The summed E-state index contributed by atoms with van der Waals surface area (Å²) in [7, 11) is 0. The van der Waals surface area contributed by atoms with Crippen LogP contribution in [0.5, 0.6) is 0 Å². The van der Waals surface area contributed by atoms with Gasteiger partial charge in [-0.1, -0.05) is 0 Å². The second kappa shape index (κ2) is 9.67. The van der Waals surface area contributed by atoms with Gasteiger partial charge in [0.25, 0.3) is 0 Å². The molecular formula is C22H26FN5O6. The molecule has 2 aliphatic rings. The largest absolute Gasteiger partial charge is 0.442 e. The van der Waals surface area contributed by atoms with Crippen molar-refractivity contribution in [2.24, 2.45) is 0 Å². The fourth-order valence-corrected chi connectivity index (χ4v) is 4.30. The zero-order chi connectivity index (χ0) is 24.4. The van der Waals surface area contributed by atoms with Crippen molar-refractivity contribution in [2.45, 2.75) is 32.5 Å². The number of benzene rings is 1. The number of piperazine rings is 1. The van der Waals surface area contributed by atoms with Crippen LogP contribution in [0.4, 0.5) is 26.4 Å². The lowest BCUT2D eigenvalue weighted by Crippen LogP contribution is -2.51. The van der Waals surface area contributed by atoms with Crippen LogP contribution < -0.4 is 15.1 Å². The second-order valence-electron chi connectivity index (χ2n) is 8.46. The topological polar surface area (TPSA) is 121 Å². The van der Waals surface area contributed by atoms with E-state index in [2.05, 4.69) is 10.2 Å². The molecule has 2 atom stereocenters. The van der Waals surface area contributed by atoms with Gasteiger partial charge in [-0.25, -0.2) is 9.18 Å². The van der Waals surface area contributed by atoms with Crippen molar-refractivity contribution in [2.75, 3.05) is 42.5 Å². The summed E-state index contributed by atoms with van der Waals surface area (Å²) < 4.78 is 25.6. The lowest BCUT2D eigenvalue weighted by Gasteiger charge is -2.41. The van der Waals surface area contributed by atoms with E-state index in [-0.39, 0.29) is 30.9 Å². The van der Waals surface area contributed by atoms with Crippen LogP contribution in [-0.2, 0) is 16.1 Å². The van der Waals surface area contributed by atoms with Crippen molar-refractivity contribution in [3.63, 3.8) is 0 Å². The summed E-state index contributed by atoms with van der Waals surface area (Å²) >= 11 is 0. The minimum atomic E-state index is -0.581. The van der Waals surface area contributed by atoms with Gasteiger partial charge in [-0.2, -0.15) is 0 Å². The molecule has 0 bridgehead atoms. The highest BCUT2D eigenvalue weighted by Crippen LogP contribution is 2.30. The molecule has 4 rings (SSSR count). The number of rotatable bonds is 7. The summed E-state index contributed by atoms with van der Waals surface area (Å²) in [6.45, 7) is 6.03. The van der Waals surface area contributed by atoms with E-state index in [0.717, 1.165) is 0 Å². The summed E-state index contributed by atoms with van der Waals surface area (Å²) in [6.07, 6.45) is -1.08. The summed E-state index contributed by atoms with van der Waals surface area (Å²) in [5.41, 5.74) is 0.828. The molecule has 0 spiro atoms. The molecule has 2 fully saturated rings. The number of nitrogens with zero attached hydrogens (tertiary/aromatic N) is 4. The molecule has 2 aromatic rings. The van der Waals surface area contributed by atoms with Gasteiger partial charge in [0.2, 0.25) is 5.91 Å². The average molecular weight is 475 g/mol. The van der Waals surface area contributed by atoms with Crippen LogP contribution in [-0.4, -0.2) is 66.7 Å². The maximum absolute atomic E-state index is 15.1. The standard InChI is InChI=1S/C22H26FN5O6/c1-14-11-25(12-17-4-6-21(33-17)28(31)32)7-8-26(14)20-5-3-16(9-19(20)23)27-13-18(34-22(27)30)10-24-15(2)29/h3-6,9,14,18H,7-8,10-13H2,1-2H3,(H,24,29)/t14?,18-/m0/s1. The van der Waals surface area contributed by atoms with Gasteiger partial charge in [0.05, 0.1) is 37.1 Å². The molecule has 1 aromatic heterocycles. The molecule has 0 saturated carbocycles. The monoisotopic (exact) mass is 475 g/mol. The summed E-state index contributed by atoms with van der Waals surface area (Å²) in [5, 5.41) is 13.4. The first-order valence-electron chi connectivity index (χ1n) is 11.0. The highest BCUT2D eigenvalue weighted by Gasteiger charge is 2.33. The predicted molar refractivity (Wildman–Crippen MR) is 120 cm³/mol. The number of carbonyl (C=O) groups excluding carboxylic acids is 2. The molecule has 1 N–H and O–H groups in total. The lowest BCUT2D eigenvalue weighted by atomic mass is 10.1. The number of nitrogens with one attached hydrogen (secondary N) is 1. The number of anilines is 2. The van der Waals surface area contributed by atoms with Crippen LogP contribution in [0.25, 0.3) is 0 Å². The second-order valence-corrected chi connectivity index (χ2v) is 8.46. The van der Waals surface area contributed by atoms with E-state index >= 15 is 4.39 Å². The predicted octanol–water partition coefficient (Wildman–Crippen LogP) is 2.50. The Kier molecular flexibility index (Phi) is 6.68. The van der Waals surface area contributed by atoms with Crippen molar-refractivity contribution in [1.29, 1.82) is 0 Å². The van der Waals surface area contributed by atoms with Crippen LogP contribution in [0.3, 0.4) is 0 Å². The van der Waals surface area contributed by atoms with Gasteiger partial charge in [0.1, 0.15) is 22.6 Å². The normalized spacial score (nSPS) is 21.0. The first-order valence-corrected chi connectivity index (χ1v) is 11.0. The minimum absolute atomic E-state index is 0.0159. The fourth-order valence-electron chi connectivity index (χ4n) is 4.30. The summed E-state index contributed by atoms with van der Waals surface area (Å²) in [6, 6.07) is 7.57. The van der Waals surface area contributed by atoms with Crippen molar-refractivity contribution in [3.8, 4) is 0 Å². The molecule has 0 aliphatic carbocycles. The molecule has 3 heterocycles. The maximum atomic E-state index is 15.1. The summed E-state index contributed by atoms with van der Waals surface area (Å²) in [5.74, 6) is -0.438. The van der Waals surface area contributed by atoms with E-state index < -0.39 is 22.9 Å². The number of hydrogen-bond acceptors (Lipinski definition) is 8. The van der Waals surface area contributed by atoms with Crippen LogP contribution in [0.15, 0.2) is 34.7 Å². The number of furan rings is 1. The van der Waals surface area contributed by atoms with Gasteiger partial charge in [-0.15, -0.1) is 0 Å². The van der Waals surface area contributed by atoms with Crippen molar-refractivity contribution >= 4 is 29.3 Å². The van der Waals surface area contributed by atoms with Crippen molar-refractivity contribution in [3.05, 3.63) is 52.0 Å². The number of ether oxygens (including phenoxy) is 1. The molecule has 1 unspecified atom stereocenters. The molecule has 2 amide bonds. The first kappa shape index (κ1) is 23.5. The number of carbonyl (C=O) groups is 2. The Morgan fingerprint density at radius 1 is 1.26 bits per heavy atom. The molecule has 11 nitrogen and oxygen atoms in total. The zero-order valence-electron chi connectivity index (χ0n) is 18.9. The molecule has 12 heteroatoms. The lowest BCUT2D eigenvalue weighted by molar-refractivity contribution is -0.402. The molecule has 2 aliphatic heterocycles. The third-order valence-electron chi connectivity index (χ3n) is 5.92. The van der Waals surface area contributed by atoms with E-state index in [1.165, 1.54) is 24.0 Å². The summed E-state index contributed by atoms with van der Waals surface area (Å²) in [4.78, 5) is 38.9. The molecular weight excluding hydrogens is 449 g/mol. The first-order chi connectivity index (χ1) is 16.2. The molecule has 2 saturated heterocycles. The SMILES string of the molecule is CC(=O)NC[C@H]1CN(c2ccc(N3CCN(Cc4ccc([N+](=O)[O-])o4)CC3C)c(F)c2)C(=O)O1. The average Bonchev–Trinajstić information content (AvgIpc) is 3.39. The molecule has 1 aromatic carbocycles. The van der Waals surface area contributed by atoms with Crippen LogP contribution in [0.1, 0.15) is 19.6 Å². The van der Waals surface area contributed by atoms with Gasteiger partial charge in [0, 0.05) is 32.6 Å². The van der Waals surface area contributed by atoms with E-state index in [0.29, 0.717) is 43.3 Å². The number of halogens is 1. The Morgan fingerprint density at radius 3 is 2.71 bits per heavy atom. The highest BCUT2D eigenvalue weighted by molar-refractivity contribution is 5.90. The Hall–Kier alpha value is -3.67. The van der Waals surface area contributed by atoms with E-state index in [9.17, 15) is 19.7 Å². The molecule has 0 radical (unpaired) electrons. The van der Waals surface area contributed by atoms with Gasteiger partial charge in [-0.3, -0.25) is 24.7 Å². The van der Waals surface area contributed by atoms with Gasteiger partial charge in [0.15, 0.2) is 0 Å².